The number of nitrogen functional groups attached to an aromatic ring is 1. The van der Waals surface area contributed by atoms with Crippen molar-refractivity contribution in [3.05, 3.63) is 45.4 Å². The zero-order chi connectivity index (χ0) is 25.7. The molecule has 0 bridgehead atoms. The van der Waals surface area contributed by atoms with Crippen LogP contribution in [0.5, 0.6) is 0 Å². The molecule has 5 heterocycles. The summed E-state index contributed by atoms with van der Waals surface area (Å²) in [5.41, 5.74) is 7.26. The van der Waals surface area contributed by atoms with Crippen LogP contribution in [-0.4, -0.2) is 62.1 Å². The van der Waals surface area contributed by atoms with E-state index >= 15 is 0 Å². The molecule has 0 spiro atoms. The van der Waals surface area contributed by atoms with Gasteiger partial charge >= 0.3 is 0 Å². The first-order valence-electron chi connectivity index (χ1n) is 10.7. The summed E-state index contributed by atoms with van der Waals surface area (Å²) >= 11 is 4.16. The van der Waals surface area contributed by atoms with Crippen LogP contribution in [0, 0.1) is 13.8 Å². The van der Waals surface area contributed by atoms with E-state index in [2.05, 4.69) is 15.5 Å². The normalized spacial score (nSPS) is 19.9. The number of nitrogens with zero attached hydrogens (tertiary/aromatic N) is 5. The third-order valence-corrected chi connectivity index (χ3v) is 9.10. The third-order valence-electron chi connectivity index (χ3n) is 5.97. The second-order valence-electron chi connectivity index (χ2n) is 8.16. The fourth-order valence-corrected chi connectivity index (χ4v) is 7.09. The molecule has 2 amide bonds. The number of aliphatic carboxylic acids is 1. The van der Waals surface area contributed by atoms with E-state index < -0.39 is 29.2 Å². The van der Waals surface area contributed by atoms with Crippen molar-refractivity contribution >= 4 is 67.9 Å². The van der Waals surface area contributed by atoms with Crippen molar-refractivity contribution in [2.75, 3.05) is 18.6 Å². The van der Waals surface area contributed by atoms with Crippen molar-refractivity contribution in [3.63, 3.8) is 0 Å². The largest absolute Gasteiger partial charge is 0.543 e. The number of β-lactam (4-membered cyclic amide) rings is 1. The molecule has 188 valence electrons. The molecular weight excluding hydrogens is 526 g/mol. The maximum atomic E-state index is 13.0. The summed E-state index contributed by atoms with van der Waals surface area (Å²) < 4.78 is 3.95. The smallest absolute Gasteiger partial charge is 0.276 e. The van der Waals surface area contributed by atoms with Gasteiger partial charge in [-0.3, -0.25) is 14.5 Å². The molecule has 2 aliphatic heterocycles. The van der Waals surface area contributed by atoms with Crippen LogP contribution in [-0.2, 0) is 25.8 Å². The van der Waals surface area contributed by atoms with E-state index in [1.54, 1.807) is 16.7 Å². The van der Waals surface area contributed by atoms with Crippen molar-refractivity contribution < 1.29 is 28.9 Å². The average molecular weight is 548 g/mol. The zero-order valence-corrected chi connectivity index (χ0v) is 21.8. The maximum absolute atomic E-state index is 13.0. The van der Waals surface area contributed by atoms with Crippen LogP contribution in [0.15, 0.2) is 34.3 Å². The highest BCUT2D eigenvalue weighted by molar-refractivity contribution is 8.00. The number of imidazole rings is 1. The molecule has 2 aliphatic rings. The molecular formula is C21H21N7O5S3. The van der Waals surface area contributed by atoms with Crippen molar-refractivity contribution in [3.8, 4) is 0 Å². The molecule has 36 heavy (non-hydrogen) atoms. The minimum atomic E-state index is -1.43. The van der Waals surface area contributed by atoms with Crippen molar-refractivity contribution in [1.82, 2.24) is 19.6 Å². The van der Waals surface area contributed by atoms with Gasteiger partial charge in [-0.2, -0.15) is 4.40 Å². The van der Waals surface area contributed by atoms with E-state index in [9.17, 15) is 19.5 Å². The molecule has 1 saturated heterocycles. The molecule has 3 N–H and O–H groups in total. The molecule has 3 aromatic rings. The van der Waals surface area contributed by atoms with Gasteiger partial charge < -0.3 is 25.8 Å². The third kappa shape index (κ3) is 4.02. The van der Waals surface area contributed by atoms with Crippen molar-refractivity contribution in [2.45, 2.75) is 31.8 Å². The van der Waals surface area contributed by atoms with Gasteiger partial charge in [0, 0.05) is 21.6 Å². The number of thiazole rings is 2. The molecule has 15 heteroatoms. The molecule has 12 nitrogen and oxygen atoms in total. The predicted molar refractivity (Wildman–Crippen MR) is 132 cm³/mol. The van der Waals surface area contributed by atoms with E-state index in [1.807, 2.05) is 35.3 Å². The van der Waals surface area contributed by atoms with Crippen molar-refractivity contribution in [2.24, 2.45) is 5.16 Å². The van der Waals surface area contributed by atoms with Crippen molar-refractivity contribution in [1.29, 1.82) is 0 Å². The highest BCUT2D eigenvalue weighted by Crippen LogP contribution is 2.40. The number of nitrogens with two attached hydrogens (primary N) is 1. The lowest BCUT2D eigenvalue weighted by atomic mass is 10.0. The number of hydrogen-bond acceptors (Lipinski definition) is 11. The summed E-state index contributed by atoms with van der Waals surface area (Å²) in [6.45, 7) is 4.37. The Morgan fingerprint density at radius 2 is 2.19 bits per heavy atom. The van der Waals surface area contributed by atoms with E-state index in [4.69, 9.17) is 10.6 Å². The number of aryl methyl sites for hydroxylation is 2. The summed E-state index contributed by atoms with van der Waals surface area (Å²) in [6.07, 6.45) is 3.86. The first kappa shape index (κ1) is 24.3. The first-order chi connectivity index (χ1) is 17.2. The molecule has 3 aromatic heterocycles. The van der Waals surface area contributed by atoms with Gasteiger partial charge in [0.2, 0.25) is 11.2 Å². The number of amides is 2. The summed E-state index contributed by atoms with van der Waals surface area (Å²) in [5, 5.41) is 19.6. The molecule has 1 fully saturated rings. The molecule has 2 atom stereocenters. The second-order valence-corrected chi connectivity index (χ2v) is 11.4. The number of carbonyl (C=O) groups excluding carboxylic acids is 3. The lowest BCUT2D eigenvalue weighted by Gasteiger charge is -2.50. The van der Waals surface area contributed by atoms with Gasteiger partial charge in [-0.1, -0.05) is 16.5 Å². The topological polar surface area (TPSA) is 158 Å². The lowest BCUT2D eigenvalue weighted by molar-refractivity contribution is -0.687. The molecule has 0 unspecified atom stereocenters. The Morgan fingerprint density at radius 1 is 1.42 bits per heavy atom. The molecule has 0 aliphatic carbocycles. The van der Waals surface area contributed by atoms with Crippen LogP contribution in [0.25, 0.3) is 4.83 Å². The van der Waals surface area contributed by atoms with Gasteiger partial charge in [0.05, 0.1) is 11.7 Å². The molecule has 0 radical (unpaired) electrons. The number of carboxylic acid groups (broad SMARTS) is 1. The summed E-state index contributed by atoms with van der Waals surface area (Å²) in [7, 11) is 1.28. The number of nitrogens with one attached hydrogen (secondary N) is 1. The fourth-order valence-electron chi connectivity index (χ4n) is 4.17. The Balaban J connectivity index is 1.36. The number of thioether (sulfide) groups is 1. The number of oxime groups is 1. The number of aromatic nitrogens is 3. The second kappa shape index (κ2) is 9.22. The summed E-state index contributed by atoms with van der Waals surface area (Å²) in [5.74, 6) is -2.29. The predicted octanol–water partition coefficient (Wildman–Crippen LogP) is -0.602. The standard InChI is InChI=1S/C21H21N7O5S3/c1-9-10(2)36-13-5-26(8-27(9)13)4-11-6-34-19-15(18(30)28(19)16(11)20(31)32)24-17(29)14(25-33-3)12-7-35-21(22)23-12/h5,7-8,15,19H,4,6H2,1-3H3,(H3-,22,23,24,29,31,32)/b25-14-/t15-,19-/m1/s1. The van der Waals surface area contributed by atoms with Crippen LogP contribution in [0.2, 0.25) is 0 Å². The highest BCUT2D eigenvalue weighted by atomic mass is 32.2. The Morgan fingerprint density at radius 3 is 2.83 bits per heavy atom. The Hall–Kier alpha value is -3.43. The number of carboxylic acids is 1. The van der Waals surface area contributed by atoms with E-state index in [0.717, 1.165) is 21.9 Å². The number of anilines is 1. The zero-order valence-electron chi connectivity index (χ0n) is 19.4. The lowest BCUT2D eigenvalue weighted by Crippen LogP contribution is -2.71. The highest BCUT2D eigenvalue weighted by Gasteiger charge is 2.53. The number of rotatable bonds is 7. The van der Waals surface area contributed by atoms with E-state index in [0.29, 0.717) is 17.9 Å². The Labute approximate surface area is 217 Å². The van der Waals surface area contributed by atoms with Gasteiger partial charge in [-0.25, -0.2) is 9.55 Å². The van der Waals surface area contributed by atoms with Crippen LogP contribution < -0.4 is 20.7 Å². The summed E-state index contributed by atoms with van der Waals surface area (Å²) in [4.78, 5) is 50.2. The minimum Gasteiger partial charge on any atom is -0.543 e. The SMILES string of the molecule is CO/N=C(\C(=O)N[C@@H]1C(=O)N2C(C(=O)[O-])=C(C[n+]3cc4sc(C)c(C)n4c3)CS[C@H]12)c1csc(N)n1. The Kier molecular flexibility index (Phi) is 6.22. The quantitative estimate of drug-likeness (QED) is 0.172. The van der Waals surface area contributed by atoms with Gasteiger partial charge in [-0.05, 0) is 13.8 Å². The van der Waals surface area contributed by atoms with Crippen LogP contribution in [0.4, 0.5) is 5.13 Å². The van der Waals surface area contributed by atoms with Crippen LogP contribution in [0.3, 0.4) is 0 Å². The van der Waals surface area contributed by atoms with Gasteiger partial charge in [0.25, 0.3) is 11.8 Å². The molecule has 0 saturated carbocycles. The maximum Gasteiger partial charge on any atom is 0.276 e. The average Bonchev–Trinajstić information content (AvgIpc) is 3.51. The van der Waals surface area contributed by atoms with Gasteiger partial charge in [-0.15, -0.1) is 23.1 Å². The monoisotopic (exact) mass is 547 g/mol. The van der Waals surface area contributed by atoms with Gasteiger partial charge in [0.1, 0.15) is 42.7 Å². The van der Waals surface area contributed by atoms with Crippen LogP contribution >= 0.6 is 34.4 Å². The number of carbonyl (C=O) groups is 3. The molecule has 0 aromatic carbocycles. The minimum absolute atomic E-state index is 0.135. The van der Waals surface area contributed by atoms with Gasteiger partial charge in [0.15, 0.2) is 10.8 Å². The van der Waals surface area contributed by atoms with E-state index in [1.165, 1.54) is 28.6 Å². The fraction of sp³-hybridized carbons (Fsp3) is 0.333. The summed E-state index contributed by atoms with van der Waals surface area (Å²) in [6, 6.07) is -0.936. The number of hydrogen-bond donors (Lipinski definition) is 2. The Bertz CT molecular complexity index is 1470. The van der Waals surface area contributed by atoms with E-state index in [-0.39, 0.29) is 22.2 Å². The molecule has 5 rings (SSSR count). The number of fused-ring (bicyclic) bond motifs is 2. The van der Waals surface area contributed by atoms with Crippen LogP contribution in [0.1, 0.15) is 16.3 Å². The first-order valence-corrected chi connectivity index (χ1v) is 13.4.